The number of aromatic nitrogens is 1. The molecule has 0 saturated heterocycles. The van der Waals surface area contributed by atoms with Crippen LogP contribution in [0.4, 0.5) is 10.1 Å². The molecule has 1 aliphatic carbocycles. The van der Waals surface area contributed by atoms with E-state index < -0.39 is 5.41 Å². The Morgan fingerprint density at radius 3 is 2.61 bits per heavy atom. The molecule has 1 aliphatic rings. The Morgan fingerprint density at radius 1 is 1.30 bits per heavy atom. The van der Waals surface area contributed by atoms with Crippen LogP contribution in [0.3, 0.4) is 0 Å². The summed E-state index contributed by atoms with van der Waals surface area (Å²) in [5.41, 5.74) is 0.817. The number of carbonyl (C=O) groups is 1. The first-order chi connectivity index (χ1) is 11.1. The number of pyridine rings is 1. The van der Waals surface area contributed by atoms with Crippen LogP contribution in [0, 0.1) is 5.82 Å². The van der Waals surface area contributed by atoms with Crippen molar-refractivity contribution >= 4 is 11.6 Å². The third-order valence-corrected chi connectivity index (χ3v) is 4.62. The maximum absolute atomic E-state index is 13.6. The van der Waals surface area contributed by atoms with E-state index in [2.05, 4.69) is 4.98 Å². The molecule has 0 N–H and O–H groups in total. The first-order valence-corrected chi connectivity index (χ1v) is 7.61. The third kappa shape index (κ3) is 2.67. The molecule has 0 atom stereocenters. The van der Waals surface area contributed by atoms with Gasteiger partial charge in [-0.1, -0.05) is 18.6 Å². The van der Waals surface area contributed by atoms with Crippen LogP contribution in [-0.4, -0.2) is 25.0 Å². The fourth-order valence-corrected chi connectivity index (χ4v) is 3.07. The minimum absolute atomic E-state index is 0.0266. The number of ether oxygens (including phenoxy) is 1. The van der Waals surface area contributed by atoms with Crippen molar-refractivity contribution in [1.82, 2.24) is 4.98 Å². The van der Waals surface area contributed by atoms with E-state index in [1.165, 1.54) is 12.1 Å². The fourth-order valence-electron chi connectivity index (χ4n) is 3.07. The molecule has 5 heteroatoms. The number of benzene rings is 1. The molecule has 1 amide bonds. The molecule has 0 bridgehead atoms. The Bertz CT molecular complexity index is 711. The first kappa shape index (κ1) is 15.5. The molecule has 4 nitrogen and oxygen atoms in total. The van der Waals surface area contributed by atoms with Gasteiger partial charge in [0, 0.05) is 13.1 Å². The summed E-state index contributed by atoms with van der Waals surface area (Å²) >= 11 is 0. The largest absolute Gasteiger partial charge is 0.481 e. The summed E-state index contributed by atoms with van der Waals surface area (Å²) in [7, 11) is 3.27. The molecule has 1 saturated carbocycles. The number of nitrogens with zero attached hydrogens (tertiary/aromatic N) is 2. The number of halogens is 1. The minimum Gasteiger partial charge on any atom is -0.481 e. The van der Waals surface area contributed by atoms with Crippen molar-refractivity contribution in [3.05, 3.63) is 54.0 Å². The third-order valence-electron chi connectivity index (χ3n) is 4.62. The quantitative estimate of drug-likeness (QED) is 0.869. The lowest BCUT2D eigenvalue weighted by molar-refractivity contribution is -0.126. The van der Waals surface area contributed by atoms with Gasteiger partial charge in [-0.25, -0.2) is 9.37 Å². The summed E-state index contributed by atoms with van der Waals surface area (Å²) in [5.74, 6) is 0.162. The zero-order chi connectivity index (χ0) is 16.4. The number of carbonyl (C=O) groups excluding carboxylic acids is 1. The van der Waals surface area contributed by atoms with Crippen molar-refractivity contribution < 1.29 is 13.9 Å². The predicted octanol–water partition coefficient (Wildman–Crippen LogP) is 3.31. The molecule has 1 heterocycles. The van der Waals surface area contributed by atoms with Gasteiger partial charge in [0.25, 0.3) is 0 Å². The van der Waals surface area contributed by atoms with E-state index >= 15 is 0 Å². The van der Waals surface area contributed by atoms with E-state index in [9.17, 15) is 9.18 Å². The van der Waals surface area contributed by atoms with Crippen LogP contribution in [0.2, 0.25) is 0 Å². The molecule has 23 heavy (non-hydrogen) atoms. The number of hydrogen-bond donors (Lipinski definition) is 0. The second-order valence-electron chi connectivity index (χ2n) is 5.87. The number of hydrogen-bond acceptors (Lipinski definition) is 3. The molecule has 2 aromatic rings. The van der Waals surface area contributed by atoms with Gasteiger partial charge in [-0.3, -0.25) is 4.79 Å². The van der Waals surface area contributed by atoms with Crippen LogP contribution in [0.5, 0.6) is 5.88 Å². The molecule has 0 radical (unpaired) electrons. The highest BCUT2D eigenvalue weighted by atomic mass is 19.1. The fraction of sp³-hybridized carbons (Fsp3) is 0.333. The molecule has 1 aromatic heterocycles. The van der Waals surface area contributed by atoms with Gasteiger partial charge in [0.1, 0.15) is 5.82 Å². The van der Waals surface area contributed by atoms with E-state index in [4.69, 9.17) is 4.74 Å². The SMILES string of the molecule is COc1ccc(N(C)C(=O)C2(c3cccc(F)c3)CCC2)cn1. The number of likely N-dealkylation sites (N-methyl/N-ethyl adjacent to an activating group) is 1. The van der Waals surface area contributed by atoms with Gasteiger partial charge in [0.2, 0.25) is 11.8 Å². The van der Waals surface area contributed by atoms with Gasteiger partial charge in [0.15, 0.2) is 0 Å². The lowest BCUT2D eigenvalue weighted by Crippen LogP contribution is -2.50. The maximum atomic E-state index is 13.6. The topological polar surface area (TPSA) is 42.4 Å². The summed E-state index contributed by atoms with van der Waals surface area (Å²) in [6, 6.07) is 9.87. The monoisotopic (exact) mass is 314 g/mol. The first-order valence-electron chi connectivity index (χ1n) is 7.61. The Kier molecular flexibility index (Phi) is 4.03. The van der Waals surface area contributed by atoms with Crippen molar-refractivity contribution in [3.8, 4) is 5.88 Å². The summed E-state index contributed by atoms with van der Waals surface area (Å²) < 4.78 is 18.6. The Balaban J connectivity index is 1.90. The number of amides is 1. The van der Waals surface area contributed by atoms with Crippen LogP contribution in [0.1, 0.15) is 24.8 Å². The number of rotatable bonds is 4. The highest BCUT2D eigenvalue weighted by Gasteiger charge is 2.47. The van der Waals surface area contributed by atoms with Gasteiger partial charge < -0.3 is 9.64 Å². The molecule has 1 fully saturated rings. The highest BCUT2D eigenvalue weighted by Crippen LogP contribution is 2.45. The lowest BCUT2D eigenvalue weighted by atomic mass is 9.63. The summed E-state index contributed by atoms with van der Waals surface area (Å²) in [6.45, 7) is 0. The van der Waals surface area contributed by atoms with Crippen LogP contribution in [0.15, 0.2) is 42.6 Å². The standard InChI is InChI=1S/C18H19FN2O2/c1-21(15-7-8-16(23-2)20-12-15)17(22)18(9-4-10-18)13-5-3-6-14(19)11-13/h3,5-8,11-12H,4,9-10H2,1-2H3. The van der Waals surface area contributed by atoms with Crippen LogP contribution in [0.25, 0.3) is 0 Å². The molecular formula is C18H19FN2O2. The van der Waals surface area contributed by atoms with Gasteiger partial charge in [0.05, 0.1) is 24.4 Å². The average Bonchev–Trinajstić information content (AvgIpc) is 2.53. The highest BCUT2D eigenvalue weighted by molar-refractivity contribution is 6.01. The molecule has 1 aromatic carbocycles. The molecule has 120 valence electrons. The van der Waals surface area contributed by atoms with Gasteiger partial charge in [-0.05, 0) is 36.6 Å². The molecule has 0 aliphatic heterocycles. The van der Waals surface area contributed by atoms with E-state index in [0.29, 0.717) is 11.6 Å². The van der Waals surface area contributed by atoms with Crippen molar-refractivity contribution in [3.63, 3.8) is 0 Å². The second kappa shape index (κ2) is 5.99. The average molecular weight is 314 g/mol. The Morgan fingerprint density at radius 2 is 2.09 bits per heavy atom. The smallest absolute Gasteiger partial charge is 0.237 e. The Labute approximate surface area is 134 Å². The minimum atomic E-state index is -0.628. The molecule has 3 rings (SSSR count). The molecular weight excluding hydrogens is 295 g/mol. The van der Waals surface area contributed by atoms with Crippen molar-refractivity contribution in [2.24, 2.45) is 0 Å². The van der Waals surface area contributed by atoms with Crippen molar-refractivity contribution in [2.75, 3.05) is 19.1 Å². The van der Waals surface area contributed by atoms with E-state index in [1.807, 2.05) is 6.07 Å². The van der Waals surface area contributed by atoms with Crippen LogP contribution < -0.4 is 9.64 Å². The van der Waals surface area contributed by atoms with Crippen molar-refractivity contribution in [2.45, 2.75) is 24.7 Å². The number of methoxy groups -OCH3 is 1. The molecule has 0 spiro atoms. The van der Waals surface area contributed by atoms with Gasteiger partial charge >= 0.3 is 0 Å². The lowest BCUT2D eigenvalue weighted by Gasteiger charge is -2.43. The number of anilines is 1. The summed E-state index contributed by atoms with van der Waals surface area (Å²) in [4.78, 5) is 18.8. The van der Waals surface area contributed by atoms with Crippen LogP contribution in [-0.2, 0) is 10.2 Å². The molecule has 0 unspecified atom stereocenters. The van der Waals surface area contributed by atoms with Gasteiger partial charge in [-0.2, -0.15) is 0 Å². The van der Waals surface area contributed by atoms with E-state index in [0.717, 1.165) is 24.8 Å². The van der Waals surface area contributed by atoms with Gasteiger partial charge in [-0.15, -0.1) is 0 Å². The summed E-state index contributed by atoms with van der Waals surface area (Å²) in [5, 5.41) is 0. The van der Waals surface area contributed by atoms with E-state index in [-0.39, 0.29) is 11.7 Å². The predicted molar refractivity (Wildman–Crippen MR) is 86.1 cm³/mol. The normalized spacial score (nSPS) is 15.6. The van der Waals surface area contributed by atoms with Crippen molar-refractivity contribution in [1.29, 1.82) is 0 Å². The zero-order valence-electron chi connectivity index (χ0n) is 13.3. The maximum Gasteiger partial charge on any atom is 0.237 e. The van der Waals surface area contributed by atoms with Crippen LogP contribution >= 0.6 is 0 Å². The Hall–Kier alpha value is -2.43. The second-order valence-corrected chi connectivity index (χ2v) is 5.87. The van der Waals surface area contributed by atoms with E-state index in [1.54, 1.807) is 43.5 Å². The summed E-state index contributed by atoms with van der Waals surface area (Å²) in [6.07, 6.45) is 4.05. The zero-order valence-corrected chi connectivity index (χ0v) is 13.3.